The van der Waals surface area contributed by atoms with Crippen LogP contribution in [0.1, 0.15) is 12.8 Å². The average Bonchev–Trinajstić information content (AvgIpc) is 2.39. The van der Waals surface area contributed by atoms with E-state index < -0.39 is 0 Å². The highest BCUT2D eigenvalue weighted by Gasteiger charge is 2.24. The number of hydrogen-bond donors (Lipinski definition) is 1. The van der Waals surface area contributed by atoms with Crippen LogP contribution in [-0.2, 0) is 4.79 Å². The largest absolute Gasteiger partial charge is 0.369 e. The van der Waals surface area contributed by atoms with Crippen molar-refractivity contribution < 1.29 is 4.79 Å². The van der Waals surface area contributed by atoms with Gasteiger partial charge in [0.2, 0.25) is 11.9 Å². The van der Waals surface area contributed by atoms with Crippen molar-refractivity contribution in [1.82, 2.24) is 9.97 Å². The van der Waals surface area contributed by atoms with E-state index in [-0.39, 0.29) is 11.8 Å². The van der Waals surface area contributed by atoms with Crippen LogP contribution in [0, 0.1) is 5.92 Å². The predicted molar refractivity (Wildman–Crippen MR) is 70.5 cm³/mol. The number of primary amides is 1. The summed E-state index contributed by atoms with van der Waals surface area (Å²) in [5.74, 6) is 1.41. The number of carbonyl (C=O) groups is 1. The first-order chi connectivity index (χ1) is 8.58. The van der Waals surface area contributed by atoms with Crippen LogP contribution < -0.4 is 15.5 Å². The fourth-order valence-electron chi connectivity index (χ4n) is 2.10. The lowest BCUT2D eigenvalue weighted by Gasteiger charge is -2.30. The third-order valence-electron chi connectivity index (χ3n) is 3.27. The molecule has 0 spiro atoms. The zero-order chi connectivity index (χ0) is 13.1. The topological polar surface area (TPSA) is 75.3 Å². The lowest BCUT2D eigenvalue weighted by atomic mass is 9.96. The summed E-state index contributed by atoms with van der Waals surface area (Å²) in [6.07, 6.45) is 3.33. The van der Waals surface area contributed by atoms with Gasteiger partial charge in [-0.3, -0.25) is 4.79 Å². The van der Waals surface area contributed by atoms with Gasteiger partial charge in [-0.1, -0.05) is 0 Å². The van der Waals surface area contributed by atoms with Gasteiger partial charge in [0.25, 0.3) is 0 Å². The van der Waals surface area contributed by atoms with Gasteiger partial charge in [0.15, 0.2) is 0 Å². The second-order valence-corrected chi connectivity index (χ2v) is 4.77. The van der Waals surface area contributed by atoms with Gasteiger partial charge in [-0.05, 0) is 18.9 Å². The molecule has 0 radical (unpaired) electrons. The Bertz CT molecular complexity index is 426. The minimum atomic E-state index is -0.197. The van der Waals surface area contributed by atoms with E-state index in [0.717, 1.165) is 37.7 Å². The minimum absolute atomic E-state index is 0.00159. The number of hydrogen-bond acceptors (Lipinski definition) is 5. The molecule has 1 aliphatic rings. The Balaban J connectivity index is 2.05. The summed E-state index contributed by atoms with van der Waals surface area (Å²) in [4.78, 5) is 23.9. The summed E-state index contributed by atoms with van der Waals surface area (Å²) in [5, 5.41) is 0. The molecule has 0 bridgehead atoms. The molecule has 0 aliphatic carbocycles. The minimum Gasteiger partial charge on any atom is -0.369 e. The van der Waals surface area contributed by atoms with Gasteiger partial charge in [0, 0.05) is 39.3 Å². The number of nitrogens with two attached hydrogens (primary N) is 1. The maximum absolute atomic E-state index is 11.1. The van der Waals surface area contributed by atoms with Crippen molar-refractivity contribution in [2.45, 2.75) is 12.8 Å². The van der Waals surface area contributed by atoms with Crippen molar-refractivity contribution in [2.24, 2.45) is 11.7 Å². The van der Waals surface area contributed by atoms with Crippen LogP contribution in [0.5, 0.6) is 0 Å². The maximum atomic E-state index is 11.1. The maximum Gasteiger partial charge on any atom is 0.227 e. The number of piperidine rings is 1. The second-order valence-electron chi connectivity index (χ2n) is 4.77. The van der Waals surface area contributed by atoms with Crippen LogP contribution in [-0.4, -0.2) is 43.1 Å². The third kappa shape index (κ3) is 2.69. The molecule has 1 aliphatic heterocycles. The summed E-state index contributed by atoms with van der Waals surface area (Å²) in [5.41, 5.74) is 5.32. The normalized spacial score (nSPS) is 16.7. The Labute approximate surface area is 107 Å². The van der Waals surface area contributed by atoms with Gasteiger partial charge >= 0.3 is 0 Å². The third-order valence-corrected chi connectivity index (χ3v) is 3.27. The smallest absolute Gasteiger partial charge is 0.227 e. The first-order valence-corrected chi connectivity index (χ1v) is 6.12. The van der Waals surface area contributed by atoms with Crippen LogP contribution in [0.15, 0.2) is 12.3 Å². The van der Waals surface area contributed by atoms with E-state index in [0.29, 0.717) is 0 Å². The van der Waals surface area contributed by atoms with Gasteiger partial charge in [0.1, 0.15) is 5.82 Å². The zero-order valence-electron chi connectivity index (χ0n) is 10.8. The second kappa shape index (κ2) is 5.20. The molecule has 2 rings (SSSR count). The molecule has 1 aromatic heterocycles. The molecule has 98 valence electrons. The number of rotatable bonds is 3. The molecular formula is C12H19N5O. The van der Waals surface area contributed by atoms with E-state index in [2.05, 4.69) is 14.9 Å². The van der Waals surface area contributed by atoms with E-state index in [1.807, 2.05) is 25.1 Å². The van der Waals surface area contributed by atoms with Crippen molar-refractivity contribution in [1.29, 1.82) is 0 Å². The standard InChI is InChI=1S/C12H19N5O/c1-16(2)10-3-6-14-12(15-10)17-7-4-9(5-8-17)11(13)18/h3,6,9H,4-5,7-8H2,1-2H3,(H2,13,18). The molecule has 2 heterocycles. The van der Waals surface area contributed by atoms with Crippen LogP contribution in [0.4, 0.5) is 11.8 Å². The van der Waals surface area contributed by atoms with Crippen molar-refractivity contribution in [3.05, 3.63) is 12.3 Å². The Morgan fingerprint density at radius 1 is 1.44 bits per heavy atom. The zero-order valence-corrected chi connectivity index (χ0v) is 10.8. The molecule has 2 N–H and O–H groups in total. The number of anilines is 2. The monoisotopic (exact) mass is 249 g/mol. The SMILES string of the molecule is CN(C)c1ccnc(N2CCC(C(N)=O)CC2)n1. The van der Waals surface area contributed by atoms with Gasteiger partial charge in [-0.15, -0.1) is 0 Å². The van der Waals surface area contributed by atoms with E-state index in [9.17, 15) is 4.79 Å². The highest BCUT2D eigenvalue weighted by molar-refractivity contribution is 5.76. The fraction of sp³-hybridized carbons (Fsp3) is 0.583. The molecule has 1 amide bonds. The average molecular weight is 249 g/mol. The molecule has 1 aromatic rings. The molecule has 1 fully saturated rings. The van der Waals surface area contributed by atoms with Gasteiger partial charge in [0.05, 0.1) is 0 Å². The first kappa shape index (κ1) is 12.6. The summed E-state index contributed by atoms with van der Waals surface area (Å²) in [7, 11) is 3.90. The van der Waals surface area contributed by atoms with E-state index in [1.54, 1.807) is 6.20 Å². The van der Waals surface area contributed by atoms with Gasteiger partial charge in [-0.2, -0.15) is 4.98 Å². The van der Waals surface area contributed by atoms with E-state index in [4.69, 9.17) is 5.73 Å². The Morgan fingerprint density at radius 2 is 2.11 bits per heavy atom. The quantitative estimate of drug-likeness (QED) is 0.830. The van der Waals surface area contributed by atoms with Crippen molar-refractivity contribution in [2.75, 3.05) is 37.0 Å². The van der Waals surface area contributed by atoms with Gasteiger partial charge < -0.3 is 15.5 Å². The van der Waals surface area contributed by atoms with Crippen LogP contribution in [0.2, 0.25) is 0 Å². The summed E-state index contributed by atoms with van der Waals surface area (Å²) in [6.45, 7) is 1.56. The summed E-state index contributed by atoms with van der Waals surface area (Å²) in [6, 6.07) is 1.87. The summed E-state index contributed by atoms with van der Waals surface area (Å²) >= 11 is 0. The molecule has 0 unspecified atom stereocenters. The molecule has 0 atom stereocenters. The Morgan fingerprint density at radius 3 is 2.67 bits per heavy atom. The lowest BCUT2D eigenvalue weighted by Crippen LogP contribution is -2.39. The molecular weight excluding hydrogens is 230 g/mol. The summed E-state index contributed by atoms with van der Waals surface area (Å²) < 4.78 is 0. The first-order valence-electron chi connectivity index (χ1n) is 6.12. The fourth-order valence-corrected chi connectivity index (χ4v) is 2.10. The van der Waals surface area contributed by atoms with Crippen LogP contribution >= 0.6 is 0 Å². The van der Waals surface area contributed by atoms with Gasteiger partial charge in [-0.25, -0.2) is 4.98 Å². The van der Waals surface area contributed by atoms with E-state index >= 15 is 0 Å². The number of amides is 1. The number of aromatic nitrogens is 2. The molecule has 1 saturated heterocycles. The lowest BCUT2D eigenvalue weighted by molar-refractivity contribution is -0.122. The van der Waals surface area contributed by atoms with Crippen molar-refractivity contribution >= 4 is 17.7 Å². The van der Waals surface area contributed by atoms with E-state index in [1.165, 1.54) is 0 Å². The number of carbonyl (C=O) groups excluding carboxylic acids is 1. The predicted octanol–water partition coefficient (Wildman–Crippen LogP) is 0.244. The van der Waals surface area contributed by atoms with Crippen LogP contribution in [0.3, 0.4) is 0 Å². The highest BCUT2D eigenvalue weighted by atomic mass is 16.1. The molecule has 18 heavy (non-hydrogen) atoms. The molecule has 6 nitrogen and oxygen atoms in total. The van der Waals surface area contributed by atoms with Crippen LogP contribution in [0.25, 0.3) is 0 Å². The Hall–Kier alpha value is -1.85. The van der Waals surface area contributed by atoms with Crippen molar-refractivity contribution in [3.63, 3.8) is 0 Å². The molecule has 6 heteroatoms. The highest BCUT2D eigenvalue weighted by Crippen LogP contribution is 2.21. The molecule has 0 aromatic carbocycles. The molecule has 0 saturated carbocycles. The number of nitrogens with zero attached hydrogens (tertiary/aromatic N) is 4. The van der Waals surface area contributed by atoms with Crippen molar-refractivity contribution in [3.8, 4) is 0 Å². The Kier molecular flexibility index (Phi) is 3.64.